The fraction of sp³-hybridized carbons (Fsp3) is 0.588. The molecule has 2 aliphatic rings. The summed E-state index contributed by atoms with van der Waals surface area (Å²) in [5, 5.41) is 13.0. The first kappa shape index (κ1) is 14.2. The Morgan fingerprint density at radius 1 is 1.29 bits per heavy atom. The summed E-state index contributed by atoms with van der Waals surface area (Å²) in [6.45, 7) is 2.59. The van der Waals surface area contributed by atoms with Gasteiger partial charge in [0.1, 0.15) is 11.6 Å². The van der Waals surface area contributed by atoms with Crippen LogP contribution in [0.15, 0.2) is 24.3 Å². The summed E-state index contributed by atoms with van der Waals surface area (Å²) < 4.78 is 11.7. The number of ether oxygens (including phenoxy) is 2. The van der Waals surface area contributed by atoms with Crippen molar-refractivity contribution in [3.8, 4) is 17.6 Å². The lowest BCUT2D eigenvalue weighted by Crippen LogP contribution is -2.43. The van der Waals surface area contributed by atoms with Gasteiger partial charge >= 0.3 is 0 Å². The number of hydrogen-bond acceptors (Lipinski definition) is 4. The van der Waals surface area contributed by atoms with Crippen LogP contribution < -0.4 is 14.8 Å². The van der Waals surface area contributed by atoms with Crippen molar-refractivity contribution in [2.75, 3.05) is 6.61 Å². The third-order valence-corrected chi connectivity index (χ3v) is 4.18. The molecule has 0 aliphatic heterocycles. The van der Waals surface area contributed by atoms with Crippen molar-refractivity contribution in [3.05, 3.63) is 24.3 Å². The van der Waals surface area contributed by atoms with E-state index in [2.05, 4.69) is 11.4 Å². The van der Waals surface area contributed by atoms with E-state index in [4.69, 9.17) is 9.47 Å². The highest BCUT2D eigenvalue weighted by atomic mass is 16.5. The van der Waals surface area contributed by atoms with E-state index in [-0.39, 0.29) is 6.10 Å². The fourth-order valence-electron chi connectivity index (χ4n) is 2.99. The van der Waals surface area contributed by atoms with E-state index in [1.807, 2.05) is 31.2 Å². The quantitative estimate of drug-likeness (QED) is 0.873. The minimum Gasteiger partial charge on any atom is -0.490 e. The van der Waals surface area contributed by atoms with Crippen molar-refractivity contribution >= 4 is 0 Å². The van der Waals surface area contributed by atoms with Gasteiger partial charge in [0.05, 0.1) is 12.7 Å². The Morgan fingerprint density at radius 2 is 2.05 bits per heavy atom. The van der Waals surface area contributed by atoms with Crippen molar-refractivity contribution in [2.45, 2.75) is 56.7 Å². The van der Waals surface area contributed by atoms with Gasteiger partial charge in [-0.15, -0.1) is 0 Å². The van der Waals surface area contributed by atoms with E-state index in [1.54, 1.807) is 0 Å². The highest BCUT2D eigenvalue weighted by Gasteiger charge is 2.43. The number of nitrogens with one attached hydrogen (secondary N) is 1. The second-order valence-electron chi connectivity index (χ2n) is 5.97. The maximum absolute atomic E-state index is 9.52. The Kier molecular flexibility index (Phi) is 4.03. The van der Waals surface area contributed by atoms with Gasteiger partial charge in [-0.1, -0.05) is 12.1 Å². The lowest BCUT2D eigenvalue weighted by molar-refractivity contribution is 0.189. The SMILES string of the molecule is CCOc1ccccc1OC1CCC(C#N)(NC2CC2)C1. The maximum Gasteiger partial charge on any atom is 0.161 e. The van der Waals surface area contributed by atoms with Gasteiger partial charge in [-0.25, -0.2) is 0 Å². The van der Waals surface area contributed by atoms with Gasteiger partial charge in [-0.3, -0.25) is 5.32 Å². The largest absolute Gasteiger partial charge is 0.490 e. The molecular formula is C17H22N2O2. The molecule has 2 unspecified atom stereocenters. The van der Waals surface area contributed by atoms with Crippen LogP contribution in [0, 0.1) is 11.3 Å². The van der Waals surface area contributed by atoms with Crippen LogP contribution in [0.3, 0.4) is 0 Å². The summed E-state index contributed by atoms with van der Waals surface area (Å²) in [5.74, 6) is 1.56. The summed E-state index contributed by atoms with van der Waals surface area (Å²) in [4.78, 5) is 0. The molecule has 0 radical (unpaired) electrons. The standard InChI is InChI=1S/C17H22N2O2/c1-2-20-15-5-3-4-6-16(15)21-14-9-10-17(11-14,12-18)19-13-7-8-13/h3-6,13-14,19H,2,7-11H2,1H3. The number of nitriles is 1. The van der Waals surface area contributed by atoms with Crippen molar-refractivity contribution in [3.63, 3.8) is 0 Å². The highest BCUT2D eigenvalue weighted by Crippen LogP contribution is 2.37. The van der Waals surface area contributed by atoms with Gasteiger partial charge < -0.3 is 9.47 Å². The lowest BCUT2D eigenvalue weighted by atomic mass is 9.99. The molecule has 21 heavy (non-hydrogen) atoms. The van der Waals surface area contributed by atoms with Crippen LogP contribution in [0.5, 0.6) is 11.5 Å². The minimum atomic E-state index is -0.396. The average molecular weight is 286 g/mol. The van der Waals surface area contributed by atoms with Crippen molar-refractivity contribution < 1.29 is 9.47 Å². The van der Waals surface area contributed by atoms with Gasteiger partial charge in [0, 0.05) is 12.5 Å². The normalized spacial score (nSPS) is 28.1. The average Bonchev–Trinajstić information content (AvgIpc) is 3.21. The topological polar surface area (TPSA) is 54.3 Å². The molecule has 4 heteroatoms. The summed E-state index contributed by atoms with van der Waals surface area (Å²) >= 11 is 0. The summed E-state index contributed by atoms with van der Waals surface area (Å²) in [5.41, 5.74) is -0.396. The van der Waals surface area contributed by atoms with Crippen LogP contribution >= 0.6 is 0 Å². The molecule has 112 valence electrons. The van der Waals surface area contributed by atoms with Crippen LogP contribution in [0.2, 0.25) is 0 Å². The molecule has 0 bridgehead atoms. The molecule has 0 spiro atoms. The lowest BCUT2D eigenvalue weighted by Gasteiger charge is -2.23. The van der Waals surface area contributed by atoms with Gasteiger partial charge in [0.15, 0.2) is 11.5 Å². The highest BCUT2D eigenvalue weighted by molar-refractivity contribution is 5.39. The van der Waals surface area contributed by atoms with Gasteiger partial charge in [0.25, 0.3) is 0 Å². The van der Waals surface area contributed by atoms with Crippen molar-refractivity contribution in [2.24, 2.45) is 0 Å². The van der Waals surface area contributed by atoms with E-state index in [0.29, 0.717) is 12.6 Å². The number of para-hydroxylation sites is 2. The second-order valence-corrected chi connectivity index (χ2v) is 5.97. The molecular weight excluding hydrogens is 264 g/mol. The Hall–Kier alpha value is -1.73. The molecule has 2 saturated carbocycles. The Balaban J connectivity index is 1.65. The molecule has 0 heterocycles. The molecule has 2 fully saturated rings. The van der Waals surface area contributed by atoms with E-state index in [1.165, 1.54) is 12.8 Å². The Bertz CT molecular complexity index is 536. The molecule has 0 amide bonds. The van der Waals surface area contributed by atoms with Crippen LogP contribution in [0.1, 0.15) is 39.0 Å². The van der Waals surface area contributed by atoms with E-state index < -0.39 is 5.54 Å². The number of hydrogen-bond donors (Lipinski definition) is 1. The van der Waals surface area contributed by atoms with Crippen molar-refractivity contribution in [1.29, 1.82) is 5.26 Å². The number of rotatable bonds is 6. The van der Waals surface area contributed by atoms with Gasteiger partial charge in [0.2, 0.25) is 0 Å². The predicted octanol–water partition coefficient (Wildman–Crippen LogP) is 3.03. The first-order valence-electron chi connectivity index (χ1n) is 7.82. The third-order valence-electron chi connectivity index (χ3n) is 4.18. The first-order chi connectivity index (χ1) is 10.2. The molecule has 2 aliphatic carbocycles. The Morgan fingerprint density at radius 3 is 2.71 bits per heavy atom. The minimum absolute atomic E-state index is 0.0810. The molecule has 0 aromatic heterocycles. The molecule has 4 nitrogen and oxygen atoms in total. The third kappa shape index (κ3) is 3.30. The number of benzene rings is 1. The van der Waals surface area contributed by atoms with E-state index in [0.717, 1.165) is 30.8 Å². The van der Waals surface area contributed by atoms with E-state index in [9.17, 15) is 5.26 Å². The molecule has 3 rings (SSSR count). The monoisotopic (exact) mass is 286 g/mol. The molecule has 1 N–H and O–H groups in total. The zero-order valence-corrected chi connectivity index (χ0v) is 12.5. The predicted molar refractivity (Wildman–Crippen MR) is 80.4 cm³/mol. The Labute approximate surface area is 126 Å². The van der Waals surface area contributed by atoms with Crippen molar-refractivity contribution in [1.82, 2.24) is 5.32 Å². The maximum atomic E-state index is 9.52. The van der Waals surface area contributed by atoms with Crippen LogP contribution in [-0.2, 0) is 0 Å². The molecule has 0 saturated heterocycles. The molecule has 2 atom stereocenters. The van der Waals surface area contributed by atoms with Crippen LogP contribution in [0.4, 0.5) is 0 Å². The molecule has 1 aromatic rings. The first-order valence-corrected chi connectivity index (χ1v) is 7.82. The van der Waals surface area contributed by atoms with Crippen LogP contribution in [-0.4, -0.2) is 24.3 Å². The van der Waals surface area contributed by atoms with E-state index >= 15 is 0 Å². The zero-order chi connectivity index (χ0) is 14.7. The van der Waals surface area contributed by atoms with Gasteiger partial charge in [-0.2, -0.15) is 5.26 Å². The van der Waals surface area contributed by atoms with Crippen LogP contribution in [0.25, 0.3) is 0 Å². The summed E-state index contributed by atoms with van der Waals surface area (Å²) in [6.07, 6.45) is 5.00. The second kappa shape index (κ2) is 5.95. The van der Waals surface area contributed by atoms with Gasteiger partial charge in [-0.05, 0) is 44.7 Å². The number of nitrogens with zero attached hydrogens (tertiary/aromatic N) is 1. The smallest absolute Gasteiger partial charge is 0.161 e. The fourth-order valence-corrected chi connectivity index (χ4v) is 2.99. The zero-order valence-electron chi connectivity index (χ0n) is 12.5. The summed E-state index contributed by atoms with van der Waals surface area (Å²) in [6, 6.07) is 10.8. The summed E-state index contributed by atoms with van der Waals surface area (Å²) in [7, 11) is 0. The molecule has 1 aromatic carbocycles.